The van der Waals surface area contributed by atoms with E-state index in [9.17, 15) is 27.6 Å². The van der Waals surface area contributed by atoms with Gasteiger partial charge in [0.15, 0.2) is 6.29 Å². The van der Waals surface area contributed by atoms with Crippen LogP contribution in [0, 0.1) is 17.8 Å². The lowest BCUT2D eigenvalue weighted by molar-refractivity contribution is -0.138. The van der Waals surface area contributed by atoms with E-state index in [1.165, 1.54) is 17.7 Å². The summed E-state index contributed by atoms with van der Waals surface area (Å²) in [6, 6.07) is 6.92. The average molecular weight is 803 g/mol. The van der Waals surface area contributed by atoms with E-state index in [4.69, 9.17) is 14.5 Å². The zero-order chi connectivity index (χ0) is 41.0. The maximum atomic E-state index is 14.5. The lowest BCUT2D eigenvalue weighted by atomic mass is 9.83. The van der Waals surface area contributed by atoms with E-state index < -0.39 is 45.8 Å². The van der Waals surface area contributed by atoms with Gasteiger partial charge in [0.25, 0.3) is 0 Å². The fourth-order valence-electron chi connectivity index (χ4n) is 7.64. The molecule has 0 saturated carbocycles. The van der Waals surface area contributed by atoms with Crippen molar-refractivity contribution in [3.63, 3.8) is 0 Å². The van der Waals surface area contributed by atoms with Gasteiger partial charge in [-0.05, 0) is 103 Å². The Morgan fingerprint density at radius 3 is 1.93 bits per heavy atom. The predicted octanol–water partition coefficient (Wildman–Crippen LogP) is 4.86. The Morgan fingerprint density at radius 2 is 1.41 bits per heavy atom. The number of hydrogen-bond donors (Lipinski definition) is 4. The number of amides is 4. The van der Waals surface area contributed by atoms with E-state index in [0.717, 1.165) is 24.1 Å². The number of methoxy groups -OCH3 is 1. The fraction of sp³-hybridized carbons (Fsp3) is 0.658. The van der Waals surface area contributed by atoms with Gasteiger partial charge >= 0.3 is 18.3 Å². The minimum absolute atomic E-state index is 0.0127. The number of nitrogens with one attached hydrogen (secondary N) is 4. The van der Waals surface area contributed by atoms with Crippen LogP contribution in [0.2, 0.25) is 0 Å². The summed E-state index contributed by atoms with van der Waals surface area (Å²) >= 11 is 0. The predicted molar refractivity (Wildman–Crippen MR) is 209 cm³/mol. The molecular weight excluding hydrogens is 745 g/mol. The van der Waals surface area contributed by atoms with Crippen molar-refractivity contribution < 1.29 is 41.8 Å². The van der Waals surface area contributed by atoms with Gasteiger partial charge in [0, 0.05) is 44.3 Å². The van der Waals surface area contributed by atoms with Gasteiger partial charge < -0.3 is 24.1 Å². The smallest absolute Gasteiger partial charge is 0.411 e. The molecule has 5 rings (SSSR count). The molecule has 0 spiro atoms. The van der Waals surface area contributed by atoms with Gasteiger partial charge in [-0.15, -0.1) is 0 Å². The molecule has 2 aromatic rings. The molecule has 4 N–H and O–H groups in total. The van der Waals surface area contributed by atoms with E-state index in [1.807, 2.05) is 21.9 Å². The molecule has 3 fully saturated rings. The quantitative estimate of drug-likeness (QED) is 0.199. The van der Waals surface area contributed by atoms with Crippen LogP contribution >= 0.6 is 0 Å². The van der Waals surface area contributed by atoms with Crippen molar-refractivity contribution in [2.45, 2.75) is 97.2 Å². The molecule has 310 valence electrons. The molecular formula is C38H58N8O9S. The van der Waals surface area contributed by atoms with E-state index >= 15 is 0 Å². The monoisotopic (exact) mass is 802 g/mol. The average Bonchev–Trinajstić information content (AvgIpc) is 3.78. The first kappa shape index (κ1) is 42.7. The molecule has 4 heterocycles. The normalized spacial score (nSPS) is 20.8. The summed E-state index contributed by atoms with van der Waals surface area (Å²) in [5.74, 6) is 0.773. The standard InChI is InChI=1S/C38H58N8O9S/c1-37(2,3)54-35(49)42-33(43-36(50)55-38(4,5)6)44-17-13-26(14-18-44)32(47)46-23-27(24-15-19-45(20-16-24)56(8,51)52)21-30(46)31-39-22-29(41-31)25-9-11-28(12-10-25)40-34(48)53-7/h9-12,22,24,26-27,30,33H,13-21,23H2,1-8H3,(H,39,41)(H,40,48)(H,42,49)(H,43,50)/t27-,30-/m0/s1. The lowest BCUT2D eigenvalue weighted by Crippen LogP contribution is -2.61. The zero-order valence-corrected chi connectivity index (χ0v) is 34.5. The summed E-state index contributed by atoms with van der Waals surface area (Å²) in [4.78, 5) is 63.8. The number of carbonyl (C=O) groups excluding carboxylic acids is 4. The Hall–Kier alpha value is -4.42. The van der Waals surface area contributed by atoms with Crippen LogP contribution in [0.3, 0.4) is 0 Å². The lowest BCUT2D eigenvalue weighted by Gasteiger charge is -2.39. The molecule has 17 nitrogen and oxygen atoms in total. The number of aromatic nitrogens is 2. The van der Waals surface area contributed by atoms with Gasteiger partial charge in [-0.25, -0.2) is 32.1 Å². The second kappa shape index (κ2) is 17.4. The Morgan fingerprint density at radius 1 is 0.839 bits per heavy atom. The largest absolute Gasteiger partial charge is 0.453 e. The Labute approximate surface area is 329 Å². The topological polar surface area (TPSA) is 205 Å². The molecule has 1 aromatic heterocycles. The molecule has 0 radical (unpaired) electrons. The van der Waals surface area contributed by atoms with Crippen molar-refractivity contribution in [3.8, 4) is 11.3 Å². The van der Waals surface area contributed by atoms with Crippen LogP contribution in [0.4, 0.5) is 20.1 Å². The first-order valence-electron chi connectivity index (χ1n) is 19.2. The van der Waals surface area contributed by atoms with Crippen LogP contribution in [-0.2, 0) is 29.0 Å². The summed E-state index contributed by atoms with van der Waals surface area (Å²) < 4.78 is 41.6. The second-order valence-electron chi connectivity index (χ2n) is 16.9. The summed E-state index contributed by atoms with van der Waals surface area (Å²) in [5.41, 5.74) is 0.684. The number of rotatable bonds is 9. The van der Waals surface area contributed by atoms with Crippen molar-refractivity contribution in [2.24, 2.45) is 17.8 Å². The molecule has 1 aromatic carbocycles. The summed E-state index contributed by atoms with van der Waals surface area (Å²) in [6.45, 7) is 12.8. The summed E-state index contributed by atoms with van der Waals surface area (Å²) in [7, 11) is -1.98. The van der Waals surface area contributed by atoms with Crippen LogP contribution in [0.15, 0.2) is 30.5 Å². The Kier molecular flexibility index (Phi) is 13.3. The van der Waals surface area contributed by atoms with Crippen molar-refractivity contribution in [1.82, 2.24) is 34.7 Å². The minimum atomic E-state index is -3.28. The highest BCUT2D eigenvalue weighted by Crippen LogP contribution is 2.43. The highest BCUT2D eigenvalue weighted by molar-refractivity contribution is 7.88. The minimum Gasteiger partial charge on any atom is -0.453 e. The summed E-state index contributed by atoms with van der Waals surface area (Å²) in [6.07, 6.45) is 3.19. The van der Waals surface area contributed by atoms with Crippen LogP contribution in [0.1, 0.15) is 85.5 Å². The third kappa shape index (κ3) is 11.6. The maximum Gasteiger partial charge on any atom is 0.411 e. The van der Waals surface area contributed by atoms with Gasteiger partial charge in [-0.2, -0.15) is 0 Å². The first-order chi connectivity index (χ1) is 26.2. The van der Waals surface area contributed by atoms with E-state index in [2.05, 4.69) is 25.7 Å². The number of ether oxygens (including phenoxy) is 3. The number of nitrogens with zero attached hydrogens (tertiary/aromatic N) is 4. The van der Waals surface area contributed by atoms with E-state index in [-0.39, 0.29) is 29.7 Å². The number of alkyl carbamates (subject to hydrolysis) is 2. The fourth-order valence-corrected chi connectivity index (χ4v) is 8.52. The summed E-state index contributed by atoms with van der Waals surface area (Å²) in [5, 5.41) is 8.14. The number of piperidine rings is 2. The van der Waals surface area contributed by atoms with Gasteiger partial charge in [0.1, 0.15) is 17.0 Å². The van der Waals surface area contributed by atoms with Crippen LogP contribution in [0.25, 0.3) is 11.3 Å². The van der Waals surface area contributed by atoms with Gasteiger partial charge in [0.05, 0.1) is 31.3 Å². The van der Waals surface area contributed by atoms with Gasteiger partial charge in [0.2, 0.25) is 15.9 Å². The van der Waals surface area contributed by atoms with Crippen molar-refractivity contribution >= 4 is 39.9 Å². The number of aromatic amines is 1. The molecule has 0 bridgehead atoms. The highest BCUT2D eigenvalue weighted by Gasteiger charge is 2.44. The molecule has 3 aliphatic heterocycles. The van der Waals surface area contributed by atoms with Crippen molar-refractivity contribution in [3.05, 3.63) is 36.3 Å². The first-order valence-corrected chi connectivity index (χ1v) is 21.0. The number of benzene rings is 1. The molecule has 3 aliphatic rings. The van der Waals surface area contributed by atoms with Gasteiger partial charge in [-0.1, -0.05) is 12.1 Å². The number of sulfonamides is 1. The SMILES string of the molecule is COC(=O)Nc1ccc(-c2cnc([C@@H]3C[C@H](C4CCN(S(C)(=O)=O)CC4)CN3C(=O)C3CCN(C(NC(=O)OC(C)(C)C)NC(=O)OC(C)(C)C)CC3)[nH]2)cc1. The number of H-pyrrole nitrogens is 1. The molecule has 0 aliphatic carbocycles. The van der Waals surface area contributed by atoms with E-state index in [0.29, 0.717) is 63.5 Å². The number of likely N-dealkylation sites (tertiary alicyclic amines) is 2. The second-order valence-corrected chi connectivity index (χ2v) is 18.9. The number of anilines is 1. The Balaban J connectivity index is 1.31. The maximum absolute atomic E-state index is 14.5. The number of hydrogen-bond acceptors (Lipinski definition) is 11. The highest BCUT2D eigenvalue weighted by atomic mass is 32.2. The zero-order valence-electron chi connectivity index (χ0n) is 33.7. The van der Waals surface area contributed by atoms with Crippen LogP contribution in [0.5, 0.6) is 0 Å². The van der Waals surface area contributed by atoms with E-state index in [1.54, 1.807) is 59.9 Å². The third-order valence-corrected chi connectivity index (χ3v) is 11.6. The van der Waals surface area contributed by atoms with Crippen LogP contribution in [-0.4, -0.2) is 120 Å². The molecule has 4 amide bonds. The molecule has 2 atom stereocenters. The van der Waals surface area contributed by atoms with Crippen LogP contribution < -0.4 is 16.0 Å². The van der Waals surface area contributed by atoms with Crippen molar-refractivity contribution in [1.29, 1.82) is 0 Å². The Bertz CT molecular complexity index is 1780. The van der Waals surface area contributed by atoms with Gasteiger partial charge in [-0.3, -0.25) is 25.6 Å². The third-order valence-electron chi connectivity index (χ3n) is 10.3. The molecule has 18 heteroatoms. The van der Waals surface area contributed by atoms with Crippen molar-refractivity contribution in [2.75, 3.05) is 51.4 Å². The molecule has 3 saturated heterocycles. The molecule has 56 heavy (non-hydrogen) atoms. The molecule has 0 unspecified atom stereocenters. The number of carbonyl (C=O) groups is 4. The number of imidazole rings is 1.